The molecule has 0 unspecified atom stereocenters. The normalized spacial score (nSPS) is 14.1. The van der Waals surface area contributed by atoms with Crippen LogP contribution >= 0.6 is 23.2 Å². The number of alkyl halides is 1. The van der Waals surface area contributed by atoms with E-state index >= 15 is 0 Å². The molecule has 188 valence electrons. The maximum absolute atomic E-state index is 11.9. The number of nitrogens with zero attached hydrogens (tertiary/aromatic N) is 1. The van der Waals surface area contributed by atoms with Crippen LogP contribution in [-0.4, -0.2) is 57.6 Å². The Labute approximate surface area is 211 Å². The van der Waals surface area contributed by atoms with Crippen molar-refractivity contribution in [2.24, 2.45) is 0 Å². The van der Waals surface area contributed by atoms with Gasteiger partial charge in [0.1, 0.15) is 5.82 Å². The minimum Gasteiger partial charge on any atom is -0.398 e. The summed E-state index contributed by atoms with van der Waals surface area (Å²) in [4.78, 5) is 19.5. The number of aromatic nitrogens is 2. The first kappa shape index (κ1) is 29.9. The van der Waals surface area contributed by atoms with E-state index in [-0.39, 0.29) is 18.1 Å². The second kappa shape index (κ2) is 15.0. The van der Waals surface area contributed by atoms with E-state index in [1.165, 1.54) is 6.38 Å². The molecule has 0 saturated carbocycles. The van der Waals surface area contributed by atoms with E-state index in [1.54, 1.807) is 27.0 Å². The summed E-state index contributed by atoms with van der Waals surface area (Å²) in [7, 11) is 1.66. The molecule has 0 radical (unpaired) electrons. The Morgan fingerprint density at radius 1 is 1.15 bits per heavy atom. The Bertz CT molecular complexity index is 1020. The zero-order chi connectivity index (χ0) is 25.8. The third-order valence-electron chi connectivity index (χ3n) is 5.40. The molecule has 1 heterocycles. The fourth-order valence-electron chi connectivity index (χ4n) is 3.60. The van der Waals surface area contributed by atoms with Gasteiger partial charge in [0.15, 0.2) is 5.78 Å². The molecule has 2 aromatic carbocycles. The van der Waals surface area contributed by atoms with Gasteiger partial charge in [-0.2, -0.15) is 0 Å². The Hall–Kier alpha value is -2.16. The van der Waals surface area contributed by atoms with E-state index in [4.69, 9.17) is 17.3 Å². The van der Waals surface area contributed by atoms with Crippen molar-refractivity contribution in [1.82, 2.24) is 15.3 Å². The fourth-order valence-corrected chi connectivity index (χ4v) is 3.78. The lowest BCUT2D eigenvalue weighted by atomic mass is 9.99. The molecule has 0 bridgehead atoms. The van der Waals surface area contributed by atoms with E-state index in [2.05, 4.69) is 26.9 Å². The molecule has 34 heavy (non-hydrogen) atoms. The van der Waals surface area contributed by atoms with Crippen molar-refractivity contribution in [3.05, 3.63) is 58.9 Å². The number of nitrogen functional groups attached to an aromatic ring is 1. The molecular formula is C25H36Cl2N4O3. The van der Waals surface area contributed by atoms with Gasteiger partial charge in [0.25, 0.3) is 0 Å². The van der Waals surface area contributed by atoms with Crippen LogP contribution in [0.2, 0.25) is 5.02 Å². The van der Waals surface area contributed by atoms with Gasteiger partial charge in [-0.3, -0.25) is 4.79 Å². The molecule has 4 atom stereocenters. The summed E-state index contributed by atoms with van der Waals surface area (Å²) in [5.41, 5.74) is 8.96. The number of Topliss-reactive ketones (excluding diaryl/α,β-unsaturated/α-hetero) is 1. The number of ketones is 1. The number of para-hydroxylation sites is 1. The van der Waals surface area contributed by atoms with E-state index in [0.717, 1.165) is 28.8 Å². The standard InChI is InChI=1S/C12H15ClN2O.C12H18N2O2.CH3Cl/c1-3-9(7(2)16)12-14-10-5-4-8(13)6-11(10)15-12;1-8(15)12(14-2)11(16)7-9-5-3-4-6-10(9)13;1-2/h4-7,9,16H,3H2,1-2H3,(H,14,15);3-6,8,12,14-15H,7,13H2,1-2H3;1H3/t7-,9+;8-,12+;/m11./s1. The predicted molar refractivity (Wildman–Crippen MR) is 142 cm³/mol. The Morgan fingerprint density at radius 2 is 1.79 bits per heavy atom. The number of carbonyl (C=O) groups is 1. The van der Waals surface area contributed by atoms with Crippen LogP contribution in [-0.2, 0) is 11.2 Å². The summed E-state index contributed by atoms with van der Waals surface area (Å²) in [5.74, 6) is 0.816. The number of aromatic amines is 1. The number of halogens is 2. The summed E-state index contributed by atoms with van der Waals surface area (Å²) in [6, 6.07) is 12.3. The van der Waals surface area contributed by atoms with Crippen molar-refractivity contribution in [1.29, 1.82) is 0 Å². The maximum Gasteiger partial charge on any atom is 0.156 e. The number of hydrogen-bond donors (Lipinski definition) is 5. The zero-order valence-corrected chi connectivity index (χ0v) is 21.9. The van der Waals surface area contributed by atoms with Gasteiger partial charge < -0.3 is 26.2 Å². The van der Waals surface area contributed by atoms with Gasteiger partial charge in [0.2, 0.25) is 0 Å². The average molecular weight is 511 g/mol. The summed E-state index contributed by atoms with van der Waals surface area (Å²) >= 11 is 10.5. The highest BCUT2D eigenvalue weighted by Gasteiger charge is 2.22. The number of rotatable bonds is 8. The molecule has 0 saturated heterocycles. The average Bonchev–Trinajstić information content (AvgIpc) is 3.20. The molecule has 0 aliphatic rings. The number of aliphatic hydroxyl groups excluding tert-OH is 2. The Morgan fingerprint density at radius 3 is 2.32 bits per heavy atom. The van der Waals surface area contributed by atoms with Crippen molar-refractivity contribution < 1.29 is 15.0 Å². The number of anilines is 1. The first-order valence-electron chi connectivity index (χ1n) is 11.1. The Balaban J connectivity index is 0.000000317. The number of benzene rings is 2. The zero-order valence-electron chi connectivity index (χ0n) is 20.3. The van der Waals surface area contributed by atoms with Gasteiger partial charge in [0, 0.05) is 29.4 Å². The van der Waals surface area contributed by atoms with Crippen molar-refractivity contribution in [3.8, 4) is 0 Å². The maximum atomic E-state index is 11.9. The topological polar surface area (TPSA) is 124 Å². The van der Waals surface area contributed by atoms with Crippen molar-refractivity contribution in [3.63, 3.8) is 0 Å². The minimum absolute atomic E-state index is 0.0474. The van der Waals surface area contributed by atoms with Gasteiger partial charge in [-0.05, 0) is 57.1 Å². The smallest absolute Gasteiger partial charge is 0.156 e. The lowest BCUT2D eigenvalue weighted by Crippen LogP contribution is -2.43. The molecule has 9 heteroatoms. The van der Waals surface area contributed by atoms with Crippen molar-refractivity contribution in [2.75, 3.05) is 19.2 Å². The summed E-state index contributed by atoms with van der Waals surface area (Å²) in [6.07, 6.45) is 1.46. The molecule has 3 rings (SSSR count). The van der Waals surface area contributed by atoms with Gasteiger partial charge >= 0.3 is 0 Å². The van der Waals surface area contributed by atoms with Crippen LogP contribution < -0.4 is 11.1 Å². The number of likely N-dealkylation sites (N-methyl/N-ethyl adjacent to an activating group) is 1. The molecule has 7 nitrogen and oxygen atoms in total. The fraction of sp³-hybridized carbons (Fsp3) is 0.440. The Kier molecular flexibility index (Phi) is 13.1. The third-order valence-corrected chi connectivity index (χ3v) is 5.63. The molecule has 1 aromatic heterocycles. The lowest BCUT2D eigenvalue weighted by molar-refractivity contribution is -0.122. The van der Waals surface area contributed by atoms with Gasteiger partial charge in [-0.15, -0.1) is 11.6 Å². The van der Waals surface area contributed by atoms with Crippen LogP contribution in [0.15, 0.2) is 42.5 Å². The lowest BCUT2D eigenvalue weighted by Gasteiger charge is -2.18. The van der Waals surface area contributed by atoms with Gasteiger partial charge in [-0.1, -0.05) is 36.7 Å². The van der Waals surface area contributed by atoms with E-state index in [0.29, 0.717) is 10.7 Å². The number of aliphatic hydroxyl groups is 2. The molecule has 0 aliphatic heterocycles. The minimum atomic E-state index is -0.706. The molecule has 0 spiro atoms. The summed E-state index contributed by atoms with van der Waals surface area (Å²) in [5, 5.41) is 22.6. The molecule has 6 N–H and O–H groups in total. The number of H-pyrrole nitrogens is 1. The first-order chi connectivity index (χ1) is 16.2. The molecule has 0 aliphatic carbocycles. The summed E-state index contributed by atoms with van der Waals surface area (Å²) in [6.45, 7) is 5.42. The van der Waals surface area contributed by atoms with Gasteiger partial charge in [0.05, 0.1) is 29.3 Å². The van der Waals surface area contributed by atoms with Crippen LogP contribution in [0.1, 0.15) is 44.5 Å². The highest BCUT2D eigenvalue weighted by Crippen LogP contribution is 2.25. The van der Waals surface area contributed by atoms with Crippen LogP contribution in [0.4, 0.5) is 5.69 Å². The number of nitrogens with two attached hydrogens (primary N) is 1. The van der Waals surface area contributed by atoms with E-state index < -0.39 is 18.2 Å². The third kappa shape index (κ3) is 8.56. The summed E-state index contributed by atoms with van der Waals surface area (Å²) < 4.78 is 0. The molecular weight excluding hydrogens is 475 g/mol. The number of carbonyl (C=O) groups excluding carboxylic acids is 1. The van der Waals surface area contributed by atoms with Gasteiger partial charge in [-0.25, -0.2) is 4.98 Å². The molecule has 0 fully saturated rings. The van der Waals surface area contributed by atoms with E-state index in [9.17, 15) is 15.0 Å². The highest BCUT2D eigenvalue weighted by atomic mass is 35.5. The highest BCUT2D eigenvalue weighted by molar-refractivity contribution is 6.31. The predicted octanol–water partition coefficient (Wildman–Crippen LogP) is 4.29. The van der Waals surface area contributed by atoms with Crippen LogP contribution in [0, 0.1) is 0 Å². The van der Waals surface area contributed by atoms with E-state index in [1.807, 2.05) is 43.3 Å². The second-order valence-electron chi connectivity index (χ2n) is 7.89. The van der Waals surface area contributed by atoms with Crippen molar-refractivity contribution >= 4 is 45.7 Å². The number of nitrogens with one attached hydrogen (secondary N) is 2. The SMILES string of the molecule is CC[C@H](c1nc2ccc(Cl)cc2[nH]1)[C@@H](C)O.CCl.CN[C@H](C(=O)Cc1ccccc1N)[C@@H](C)O. The largest absolute Gasteiger partial charge is 0.398 e. The molecule has 0 amide bonds. The van der Waals surface area contributed by atoms with Crippen LogP contribution in [0.5, 0.6) is 0 Å². The first-order valence-corrected chi connectivity index (χ1v) is 12.2. The van der Waals surface area contributed by atoms with Crippen LogP contribution in [0.3, 0.4) is 0 Å². The monoisotopic (exact) mass is 510 g/mol. The van der Waals surface area contributed by atoms with Crippen molar-refractivity contribution in [2.45, 2.75) is 57.8 Å². The van der Waals surface area contributed by atoms with Crippen LogP contribution in [0.25, 0.3) is 11.0 Å². The number of imidazole rings is 1. The number of hydrogen-bond acceptors (Lipinski definition) is 6. The second-order valence-corrected chi connectivity index (χ2v) is 8.32. The number of fused-ring (bicyclic) bond motifs is 1. The molecule has 3 aromatic rings. The quantitative estimate of drug-likeness (QED) is 0.227.